The van der Waals surface area contributed by atoms with Gasteiger partial charge in [0.1, 0.15) is 0 Å². The molecule has 1 atom stereocenters. The number of methoxy groups -OCH3 is 1. The van der Waals surface area contributed by atoms with Gasteiger partial charge in [-0.1, -0.05) is 58.4 Å². The van der Waals surface area contributed by atoms with E-state index < -0.39 is 0 Å². The summed E-state index contributed by atoms with van der Waals surface area (Å²) in [5.74, 6) is -0.313. The van der Waals surface area contributed by atoms with Gasteiger partial charge in [-0.15, -0.1) is 0 Å². The average molecular weight is 305 g/mol. The van der Waals surface area contributed by atoms with E-state index in [2.05, 4.69) is 32.8 Å². The van der Waals surface area contributed by atoms with Gasteiger partial charge < -0.3 is 4.74 Å². The molecule has 0 aromatic heterocycles. The zero-order valence-corrected chi connectivity index (χ0v) is 11.6. The van der Waals surface area contributed by atoms with Crippen molar-refractivity contribution in [2.45, 2.75) is 4.83 Å². The van der Waals surface area contributed by atoms with Gasteiger partial charge in [0.15, 0.2) is 0 Å². The molecule has 0 aliphatic heterocycles. The fourth-order valence-corrected chi connectivity index (χ4v) is 2.33. The summed E-state index contributed by atoms with van der Waals surface area (Å²) in [7, 11) is 1.38. The fourth-order valence-electron chi connectivity index (χ4n) is 1.72. The van der Waals surface area contributed by atoms with E-state index in [9.17, 15) is 4.79 Å². The largest absolute Gasteiger partial charge is 0.465 e. The molecule has 0 radical (unpaired) electrons. The van der Waals surface area contributed by atoms with Crippen LogP contribution in [0.25, 0.3) is 0 Å². The molecular weight excluding hydrogens is 292 g/mol. The molecule has 3 heteroatoms. The van der Waals surface area contributed by atoms with Crippen molar-refractivity contribution in [1.29, 1.82) is 0 Å². The number of carbonyl (C=O) groups is 1. The molecule has 92 valence electrons. The first-order valence-corrected chi connectivity index (χ1v) is 6.51. The van der Waals surface area contributed by atoms with Crippen LogP contribution in [0.4, 0.5) is 0 Å². The molecule has 0 saturated heterocycles. The highest BCUT2D eigenvalue weighted by Crippen LogP contribution is 2.30. The monoisotopic (exact) mass is 304 g/mol. The third-order valence-corrected chi connectivity index (χ3v) is 3.77. The molecule has 2 aromatic carbocycles. The molecular formula is C15H13BrO2. The summed E-state index contributed by atoms with van der Waals surface area (Å²) >= 11 is 3.66. The summed E-state index contributed by atoms with van der Waals surface area (Å²) < 4.78 is 4.67. The molecule has 0 spiro atoms. The maximum Gasteiger partial charge on any atom is 0.337 e. The molecule has 0 aliphatic rings. The highest BCUT2D eigenvalue weighted by atomic mass is 79.9. The van der Waals surface area contributed by atoms with Crippen LogP contribution < -0.4 is 0 Å². The molecule has 0 aliphatic carbocycles. The van der Waals surface area contributed by atoms with Crippen LogP contribution in [0.1, 0.15) is 26.3 Å². The van der Waals surface area contributed by atoms with Gasteiger partial charge in [0.25, 0.3) is 0 Å². The van der Waals surface area contributed by atoms with Crippen molar-refractivity contribution in [3.05, 3.63) is 71.3 Å². The molecule has 0 saturated carbocycles. The minimum Gasteiger partial charge on any atom is -0.465 e. The smallest absolute Gasteiger partial charge is 0.337 e. The summed E-state index contributed by atoms with van der Waals surface area (Å²) in [6.07, 6.45) is 0. The molecule has 1 unspecified atom stereocenters. The van der Waals surface area contributed by atoms with Gasteiger partial charge in [-0.3, -0.25) is 0 Å². The van der Waals surface area contributed by atoms with E-state index in [4.69, 9.17) is 0 Å². The molecule has 18 heavy (non-hydrogen) atoms. The first-order valence-electron chi connectivity index (χ1n) is 5.59. The van der Waals surface area contributed by atoms with Crippen LogP contribution in [0.2, 0.25) is 0 Å². The van der Waals surface area contributed by atoms with E-state index in [1.165, 1.54) is 12.7 Å². The van der Waals surface area contributed by atoms with E-state index in [0.29, 0.717) is 5.56 Å². The van der Waals surface area contributed by atoms with Crippen LogP contribution in [0.5, 0.6) is 0 Å². The first kappa shape index (κ1) is 12.8. The van der Waals surface area contributed by atoms with Gasteiger partial charge in [-0.05, 0) is 23.3 Å². The maximum atomic E-state index is 11.3. The van der Waals surface area contributed by atoms with Crippen molar-refractivity contribution in [2.75, 3.05) is 7.11 Å². The van der Waals surface area contributed by atoms with Crippen LogP contribution >= 0.6 is 15.9 Å². The normalized spacial score (nSPS) is 11.9. The summed E-state index contributed by atoms with van der Waals surface area (Å²) in [4.78, 5) is 11.5. The van der Waals surface area contributed by atoms with E-state index in [0.717, 1.165) is 5.56 Å². The first-order chi connectivity index (χ1) is 8.72. The van der Waals surface area contributed by atoms with E-state index in [1.807, 2.05) is 30.3 Å². The van der Waals surface area contributed by atoms with Crippen LogP contribution in [0, 0.1) is 0 Å². The lowest BCUT2D eigenvalue weighted by Gasteiger charge is -2.11. The number of ether oxygens (including phenoxy) is 1. The van der Waals surface area contributed by atoms with Gasteiger partial charge in [-0.2, -0.15) is 0 Å². The standard InChI is InChI=1S/C15H13BrO2/c1-18-15(17)13-9-7-12(8-10-13)14(16)11-5-3-2-4-6-11/h2-10,14H,1H3. The third-order valence-electron chi connectivity index (χ3n) is 2.72. The van der Waals surface area contributed by atoms with E-state index in [1.54, 1.807) is 12.1 Å². The zero-order valence-electron chi connectivity index (χ0n) is 9.97. The van der Waals surface area contributed by atoms with Crippen molar-refractivity contribution in [3.8, 4) is 0 Å². The zero-order chi connectivity index (χ0) is 13.0. The number of benzene rings is 2. The third kappa shape index (κ3) is 2.79. The number of hydrogen-bond donors (Lipinski definition) is 0. The highest BCUT2D eigenvalue weighted by Gasteiger charge is 2.11. The van der Waals surface area contributed by atoms with Crippen LogP contribution in [-0.2, 0) is 4.74 Å². The Bertz CT molecular complexity index is 520. The average Bonchev–Trinajstić information content (AvgIpc) is 2.47. The van der Waals surface area contributed by atoms with Gasteiger partial charge in [0.05, 0.1) is 17.5 Å². The number of rotatable bonds is 3. The number of alkyl halides is 1. The second-order valence-corrected chi connectivity index (χ2v) is 4.80. The molecule has 0 amide bonds. The van der Waals surface area contributed by atoms with Crippen LogP contribution in [0.3, 0.4) is 0 Å². The quantitative estimate of drug-likeness (QED) is 0.634. The molecule has 0 fully saturated rings. The second-order valence-electron chi connectivity index (χ2n) is 3.89. The Morgan fingerprint density at radius 1 is 1.00 bits per heavy atom. The molecule has 2 rings (SSSR count). The lowest BCUT2D eigenvalue weighted by atomic mass is 10.0. The molecule has 0 N–H and O–H groups in total. The van der Waals surface area contributed by atoms with Gasteiger partial charge >= 0.3 is 5.97 Å². The van der Waals surface area contributed by atoms with Crippen molar-refractivity contribution >= 4 is 21.9 Å². The van der Waals surface area contributed by atoms with Gasteiger partial charge in [0, 0.05) is 0 Å². The predicted molar refractivity (Wildman–Crippen MR) is 75.0 cm³/mol. The highest BCUT2D eigenvalue weighted by molar-refractivity contribution is 9.09. The fraction of sp³-hybridized carbons (Fsp3) is 0.133. The van der Waals surface area contributed by atoms with Gasteiger partial charge in [0.2, 0.25) is 0 Å². The number of hydrogen-bond acceptors (Lipinski definition) is 2. The van der Waals surface area contributed by atoms with Crippen molar-refractivity contribution in [2.24, 2.45) is 0 Å². The topological polar surface area (TPSA) is 26.3 Å². The summed E-state index contributed by atoms with van der Waals surface area (Å²) in [6.45, 7) is 0. The summed E-state index contributed by atoms with van der Waals surface area (Å²) in [5.41, 5.74) is 2.85. The number of carbonyl (C=O) groups excluding carboxylic acids is 1. The summed E-state index contributed by atoms with van der Waals surface area (Å²) in [5, 5.41) is 0. The Morgan fingerprint density at radius 3 is 2.11 bits per heavy atom. The Hall–Kier alpha value is -1.61. The number of halogens is 1. The van der Waals surface area contributed by atoms with E-state index in [-0.39, 0.29) is 10.8 Å². The molecule has 0 bridgehead atoms. The van der Waals surface area contributed by atoms with E-state index >= 15 is 0 Å². The van der Waals surface area contributed by atoms with Crippen molar-refractivity contribution < 1.29 is 9.53 Å². The van der Waals surface area contributed by atoms with Crippen molar-refractivity contribution in [3.63, 3.8) is 0 Å². The van der Waals surface area contributed by atoms with Crippen LogP contribution in [0.15, 0.2) is 54.6 Å². The SMILES string of the molecule is COC(=O)c1ccc(C(Br)c2ccccc2)cc1. The van der Waals surface area contributed by atoms with Gasteiger partial charge in [-0.25, -0.2) is 4.79 Å². The minimum absolute atomic E-state index is 0.130. The lowest BCUT2D eigenvalue weighted by molar-refractivity contribution is 0.0600. The Morgan fingerprint density at radius 2 is 1.56 bits per heavy atom. The molecule has 0 heterocycles. The minimum atomic E-state index is -0.313. The Labute approximate surface area is 115 Å². The maximum absolute atomic E-state index is 11.3. The number of esters is 1. The van der Waals surface area contributed by atoms with Crippen LogP contribution in [-0.4, -0.2) is 13.1 Å². The summed E-state index contributed by atoms with van der Waals surface area (Å²) in [6, 6.07) is 17.5. The van der Waals surface area contributed by atoms with Crippen molar-refractivity contribution in [1.82, 2.24) is 0 Å². The molecule has 2 aromatic rings. The predicted octanol–water partition coefficient (Wildman–Crippen LogP) is 3.96. The second kappa shape index (κ2) is 5.83. The molecule has 2 nitrogen and oxygen atoms in total. The Balaban J connectivity index is 2.22. The Kier molecular flexibility index (Phi) is 4.15. The lowest BCUT2D eigenvalue weighted by Crippen LogP contribution is -2.01.